The zero-order valence-corrected chi connectivity index (χ0v) is 12.2. The summed E-state index contributed by atoms with van der Waals surface area (Å²) in [4.78, 5) is 5.23. The van der Waals surface area contributed by atoms with Gasteiger partial charge in [-0.2, -0.15) is 0 Å². The van der Waals surface area contributed by atoms with Gasteiger partial charge in [-0.25, -0.2) is 4.98 Å². The van der Waals surface area contributed by atoms with Crippen LogP contribution in [0.1, 0.15) is 5.69 Å². The van der Waals surface area contributed by atoms with Crippen LogP contribution in [0, 0.1) is 11.8 Å². The topological polar surface area (TPSA) is 30.4 Å². The van der Waals surface area contributed by atoms with Gasteiger partial charge >= 0.3 is 0 Å². The zero-order valence-electron chi connectivity index (χ0n) is 11.4. The van der Waals surface area contributed by atoms with E-state index in [2.05, 4.69) is 12.1 Å². The maximum absolute atomic E-state index is 5.74. The van der Waals surface area contributed by atoms with E-state index < -0.39 is 0 Å². The average molecular weight is 292 g/mol. The molecule has 0 atom stereocenters. The van der Waals surface area contributed by atoms with Crippen LogP contribution < -0.4 is 0 Å². The van der Waals surface area contributed by atoms with Crippen LogP contribution in [0.25, 0.3) is 27.9 Å². The minimum Gasteiger partial charge on any atom is -0.430 e. The maximum atomic E-state index is 5.74. The number of hydrogen-bond donors (Lipinski definition) is 0. The predicted molar refractivity (Wildman–Crippen MR) is 86.0 cm³/mol. The van der Waals surface area contributed by atoms with Crippen molar-refractivity contribution in [2.24, 2.45) is 0 Å². The molecule has 2 aromatic carbocycles. The van der Waals surface area contributed by atoms with E-state index in [1.54, 1.807) is 0 Å². The number of aryl methyl sites for hydroxylation is 1. The fourth-order valence-corrected chi connectivity index (χ4v) is 2.97. The lowest BCUT2D eigenvalue weighted by atomic mass is 10.1. The van der Waals surface area contributed by atoms with E-state index in [4.69, 9.17) is 21.6 Å². The standard InChI is InChI=1S/C17H12N2OS/c1-11-15(12-7-3-2-4-8-12)18-16-13-9-5-6-10-14(13)20-17(21)19(11)16/h2-10H,1H3. The minimum atomic E-state index is 0.427. The molecule has 2 aromatic heterocycles. The summed E-state index contributed by atoms with van der Waals surface area (Å²) in [5.74, 6) is 0. The van der Waals surface area contributed by atoms with Crippen molar-refractivity contribution in [2.45, 2.75) is 6.92 Å². The first-order valence-corrected chi connectivity index (χ1v) is 7.13. The van der Waals surface area contributed by atoms with E-state index in [-0.39, 0.29) is 0 Å². The van der Waals surface area contributed by atoms with Gasteiger partial charge in [0.15, 0.2) is 5.65 Å². The molecule has 0 unspecified atom stereocenters. The van der Waals surface area contributed by atoms with Gasteiger partial charge in [-0.05, 0) is 31.3 Å². The van der Waals surface area contributed by atoms with Crippen molar-refractivity contribution in [3.63, 3.8) is 0 Å². The smallest absolute Gasteiger partial charge is 0.275 e. The van der Waals surface area contributed by atoms with Crippen molar-refractivity contribution in [3.8, 4) is 11.3 Å². The van der Waals surface area contributed by atoms with Crippen LogP contribution in [-0.4, -0.2) is 9.38 Å². The molecule has 0 saturated heterocycles. The van der Waals surface area contributed by atoms with Crippen LogP contribution in [0.4, 0.5) is 0 Å². The Balaban J connectivity index is 2.18. The van der Waals surface area contributed by atoms with E-state index in [0.717, 1.165) is 33.6 Å². The average Bonchev–Trinajstić information content (AvgIpc) is 2.87. The van der Waals surface area contributed by atoms with Gasteiger partial charge in [0.05, 0.1) is 16.8 Å². The molecule has 3 nitrogen and oxygen atoms in total. The first-order chi connectivity index (χ1) is 10.3. The predicted octanol–water partition coefficient (Wildman–Crippen LogP) is 4.79. The maximum Gasteiger partial charge on any atom is 0.275 e. The summed E-state index contributed by atoms with van der Waals surface area (Å²) in [7, 11) is 0. The molecule has 0 fully saturated rings. The molecule has 21 heavy (non-hydrogen) atoms. The molecule has 0 saturated carbocycles. The van der Waals surface area contributed by atoms with Crippen molar-refractivity contribution in [1.29, 1.82) is 0 Å². The Bertz CT molecular complexity index is 1020. The van der Waals surface area contributed by atoms with Crippen molar-refractivity contribution >= 4 is 28.8 Å². The van der Waals surface area contributed by atoms with Gasteiger partial charge in [0.1, 0.15) is 5.58 Å². The highest BCUT2D eigenvalue weighted by Gasteiger charge is 2.14. The van der Waals surface area contributed by atoms with Gasteiger partial charge in [-0.1, -0.05) is 42.5 Å². The molecule has 0 bridgehead atoms. The molecule has 0 aliphatic carbocycles. The summed E-state index contributed by atoms with van der Waals surface area (Å²) in [6.45, 7) is 2.02. The summed E-state index contributed by atoms with van der Waals surface area (Å²) >= 11 is 5.39. The van der Waals surface area contributed by atoms with Gasteiger partial charge in [-0.3, -0.25) is 4.40 Å². The summed E-state index contributed by atoms with van der Waals surface area (Å²) < 4.78 is 7.65. The van der Waals surface area contributed by atoms with Crippen LogP contribution >= 0.6 is 12.2 Å². The highest BCUT2D eigenvalue weighted by molar-refractivity contribution is 7.71. The number of fused-ring (bicyclic) bond motifs is 3. The molecule has 4 heteroatoms. The van der Waals surface area contributed by atoms with Crippen LogP contribution in [0.5, 0.6) is 0 Å². The summed E-state index contributed by atoms with van der Waals surface area (Å²) in [6, 6.07) is 18.0. The van der Waals surface area contributed by atoms with Gasteiger partial charge in [0.2, 0.25) is 0 Å². The van der Waals surface area contributed by atoms with Crippen molar-refractivity contribution in [2.75, 3.05) is 0 Å². The molecular weight excluding hydrogens is 280 g/mol. The Morgan fingerprint density at radius 2 is 1.71 bits per heavy atom. The van der Waals surface area contributed by atoms with E-state index in [1.165, 1.54) is 0 Å². The van der Waals surface area contributed by atoms with Gasteiger partial charge in [-0.15, -0.1) is 0 Å². The van der Waals surface area contributed by atoms with Gasteiger partial charge < -0.3 is 4.42 Å². The molecule has 4 rings (SSSR count). The molecule has 102 valence electrons. The lowest BCUT2D eigenvalue weighted by molar-refractivity contribution is 0.549. The van der Waals surface area contributed by atoms with Crippen LogP contribution in [0.2, 0.25) is 0 Å². The lowest BCUT2D eigenvalue weighted by Gasteiger charge is -2.01. The molecule has 0 radical (unpaired) electrons. The second kappa shape index (κ2) is 4.53. The SMILES string of the molecule is Cc1c(-c2ccccc2)nc2c3ccccc3oc(=S)n12. The van der Waals surface area contributed by atoms with E-state index in [0.29, 0.717) is 4.84 Å². The fourth-order valence-electron chi connectivity index (χ4n) is 2.66. The first kappa shape index (κ1) is 12.3. The number of nitrogens with zero attached hydrogens (tertiary/aromatic N) is 2. The lowest BCUT2D eigenvalue weighted by Crippen LogP contribution is -1.91. The zero-order chi connectivity index (χ0) is 14.4. The van der Waals surface area contributed by atoms with Crippen molar-refractivity contribution in [3.05, 3.63) is 65.1 Å². The molecule has 0 aliphatic rings. The first-order valence-electron chi connectivity index (χ1n) is 6.72. The quantitative estimate of drug-likeness (QED) is 0.473. The summed E-state index contributed by atoms with van der Waals surface area (Å²) in [5.41, 5.74) is 4.62. The normalized spacial score (nSPS) is 11.3. The minimum absolute atomic E-state index is 0.427. The number of para-hydroxylation sites is 1. The van der Waals surface area contributed by atoms with E-state index in [9.17, 15) is 0 Å². The Morgan fingerprint density at radius 3 is 2.52 bits per heavy atom. The summed E-state index contributed by atoms with van der Waals surface area (Å²) in [6.07, 6.45) is 0. The van der Waals surface area contributed by atoms with Crippen molar-refractivity contribution in [1.82, 2.24) is 9.38 Å². The third-order valence-electron chi connectivity index (χ3n) is 3.66. The third kappa shape index (κ3) is 1.80. The summed E-state index contributed by atoms with van der Waals surface area (Å²) in [5, 5.41) is 0.969. The number of imidazole rings is 1. The fraction of sp³-hybridized carbons (Fsp3) is 0.0588. The monoisotopic (exact) mass is 292 g/mol. The molecule has 0 spiro atoms. The number of aromatic nitrogens is 2. The highest BCUT2D eigenvalue weighted by Crippen LogP contribution is 2.28. The molecule has 2 heterocycles. The van der Waals surface area contributed by atoms with E-state index in [1.807, 2.05) is 53.8 Å². The number of hydrogen-bond acceptors (Lipinski definition) is 3. The Labute approximate surface area is 126 Å². The van der Waals surface area contributed by atoms with Crippen LogP contribution in [0.15, 0.2) is 59.0 Å². The Morgan fingerprint density at radius 1 is 1.00 bits per heavy atom. The van der Waals surface area contributed by atoms with Gasteiger partial charge in [0.25, 0.3) is 4.84 Å². The molecule has 0 amide bonds. The molecular formula is C17H12N2OS. The molecule has 4 aromatic rings. The Hall–Kier alpha value is -2.46. The Kier molecular flexibility index (Phi) is 2.65. The second-order valence-electron chi connectivity index (χ2n) is 4.93. The van der Waals surface area contributed by atoms with Crippen molar-refractivity contribution < 1.29 is 4.42 Å². The largest absolute Gasteiger partial charge is 0.430 e. The van der Waals surface area contributed by atoms with E-state index >= 15 is 0 Å². The number of benzene rings is 2. The highest BCUT2D eigenvalue weighted by atomic mass is 32.1. The van der Waals surface area contributed by atoms with Gasteiger partial charge in [0, 0.05) is 5.56 Å². The second-order valence-corrected chi connectivity index (χ2v) is 5.28. The molecule has 0 aliphatic heterocycles. The number of rotatable bonds is 1. The molecule has 0 N–H and O–H groups in total. The van der Waals surface area contributed by atoms with Crippen LogP contribution in [0.3, 0.4) is 0 Å². The third-order valence-corrected chi connectivity index (χ3v) is 3.93. The van der Waals surface area contributed by atoms with Crippen LogP contribution in [-0.2, 0) is 0 Å².